The Morgan fingerprint density at radius 3 is 2.72 bits per heavy atom. The Labute approximate surface area is 148 Å². The second-order valence-corrected chi connectivity index (χ2v) is 6.84. The largest absolute Gasteiger partial charge is 0.396 e. The Kier molecular flexibility index (Phi) is 6.36. The Hall–Kier alpha value is -1.98. The Morgan fingerprint density at radius 2 is 1.92 bits per heavy atom. The summed E-state index contributed by atoms with van der Waals surface area (Å²) in [6.45, 7) is 4.10. The molecule has 1 aliphatic heterocycles. The van der Waals surface area contributed by atoms with E-state index in [0.29, 0.717) is 24.6 Å². The lowest BCUT2D eigenvalue weighted by Gasteiger charge is -2.31. The molecule has 0 saturated carbocycles. The average molecular weight is 341 g/mol. The van der Waals surface area contributed by atoms with Gasteiger partial charge in [0.25, 0.3) is 5.56 Å². The van der Waals surface area contributed by atoms with Gasteiger partial charge >= 0.3 is 0 Å². The zero-order valence-corrected chi connectivity index (χ0v) is 14.7. The van der Waals surface area contributed by atoms with E-state index in [0.717, 1.165) is 44.5 Å². The first-order chi connectivity index (χ1) is 12.3. The van der Waals surface area contributed by atoms with E-state index >= 15 is 0 Å². The molecule has 0 spiro atoms. The molecule has 0 aliphatic carbocycles. The van der Waals surface area contributed by atoms with E-state index in [4.69, 9.17) is 0 Å². The Bertz CT molecular complexity index is 714. The van der Waals surface area contributed by atoms with Gasteiger partial charge in [0, 0.05) is 25.9 Å². The van der Waals surface area contributed by atoms with Crippen LogP contribution in [0.1, 0.15) is 25.7 Å². The van der Waals surface area contributed by atoms with Gasteiger partial charge in [0.15, 0.2) is 0 Å². The molecule has 1 aliphatic rings. The number of nitrogens with zero attached hydrogens (tertiary/aromatic N) is 3. The minimum absolute atomic E-state index is 0.0213. The number of aromatic nitrogens is 2. The zero-order valence-electron chi connectivity index (χ0n) is 14.7. The van der Waals surface area contributed by atoms with Crippen LogP contribution in [0.4, 0.5) is 0 Å². The van der Waals surface area contributed by atoms with Crippen molar-refractivity contribution in [2.45, 2.75) is 32.2 Å². The molecule has 0 amide bonds. The Balaban J connectivity index is 1.53. The van der Waals surface area contributed by atoms with E-state index in [1.807, 2.05) is 30.3 Å². The minimum atomic E-state index is -0.0213. The van der Waals surface area contributed by atoms with E-state index in [1.165, 1.54) is 6.42 Å². The molecule has 1 fully saturated rings. The van der Waals surface area contributed by atoms with Crippen LogP contribution in [-0.4, -0.2) is 46.0 Å². The van der Waals surface area contributed by atoms with Crippen LogP contribution in [0.15, 0.2) is 47.4 Å². The number of piperidine rings is 1. The maximum absolute atomic E-state index is 12.6. The quantitative estimate of drug-likeness (QED) is 0.786. The van der Waals surface area contributed by atoms with Crippen LogP contribution in [-0.2, 0) is 6.54 Å². The number of aliphatic hydroxyl groups is 1. The lowest BCUT2D eigenvalue weighted by molar-refractivity contribution is 0.119. The lowest BCUT2D eigenvalue weighted by Crippen LogP contribution is -2.37. The van der Waals surface area contributed by atoms with Gasteiger partial charge in [-0.2, -0.15) is 5.10 Å². The third kappa shape index (κ3) is 4.77. The minimum Gasteiger partial charge on any atom is -0.396 e. The van der Waals surface area contributed by atoms with Crippen LogP contribution in [0.2, 0.25) is 0 Å². The summed E-state index contributed by atoms with van der Waals surface area (Å²) in [5, 5.41) is 13.5. The summed E-state index contributed by atoms with van der Waals surface area (Å²) in [6, 6.07) is 11.5. The van der Waals surface area contributed by atoms with Gasteiger partial charge in [-0.3, -0.25) is 4.79 Å². The van der Waals surface area contributed by atoms with Crippen molar-refractivity contribution in [3.63, 3.8) is 0 Å². The maximum atomic E-state index is 12.6. The van der Waals surface area contributed by atoms with Crippen molar-refractivity contribution < 1.29 is 5.11 Å². The maximum Gasteiger partial charge on any atom is 0.274 e. The van der Waals surface area contributed by atoms with Crippen molar-refractivity contribution in [2.24, 2.45) is 5.92 Å². The van der Waals surface area contributed by atoms with Gasteiger partial charge in [-0.15, -0.1) is 0 Å². The second-order valence-electron chi connectivity index (χ2n) is 6.84. The van der Waals surface area contributed by atoms with Gasteiger partial charge in [-0.25, -0.2) is 4.68 Å². The summed E-state index contributed by atoms with van der Waals surface area (Å²) in [6.07, 6.45) is 6.00. The van der Waals surface area contributed by atoms with Crippen LogP contribution in [0.25, 0.3) is 11.1 Å². The number of hydrogen-bond acceptors (Lipinski definition) is 4. The average Bonchev–Trinajstić information content (AvgIpc) is 2.67. The third-order valence-electron chi connectivity index (χ3n) is 4.95. The molecule has 1 aromatic heterocycles. The monoisotopic (exact) mass is 341 g/mol. The normalized spacial score (nSPS) is 18.4. The summed E-state index contributed by atoms with van der Waals surface area (Å²) < 4.78 is 1.58. The number of unbranched alkanes of at least 4 members (excludes halogenated alkanes) is 1. The van der Waals surface area contributed by atoms with Crippen LogP contribution < -0.4 is 5.56 Å². The fourth-order valence-electron chi connectivity index (χ4n) is 3.55. The highest BCUT2D eigenvalue weighted by atomic mass is 16.3. The van der Waals surface area contributed by atoms with Crippen molar-refractivity contribution in [3.8, 4) is 11.1 Å². The molecule has 25 heavy (non-hydrogen) atoms. The summed E-state index contributed by atoms with van der Waals surface area (Å²) in [7, 11) is 0. The number of likely N-dealkylation sites (tertiary alicyclic amines) is 1. The first-order valence-electron chi connectivity index (χ1n) is 9.22. The summed E-state index contributed by atoms with van der Waals surface area (Å²) >= 11 is 0. The molecule has 2 aromatic rings. The van der Waals surface area contributed by atoms with Gasteiger partial charge in [0.2, 0.25) is 0 Å². The SMILES string of the molecule is O=c1c(-c2ccccc2)ccnn1CCCCN1CCC[C@H](CO)C1. The topological polar surface area (TPSA) is 58.4 Å². The molecule has 5 nitrogen and oxygen atoms in total. The highest BCUT2D eigenvalue weighted by Crippen LogP contribution is 2.16. The standard InChI is InChI=1S/C20H27N3O2/c24-16-17-7-6-13-22(15-17)12-4-5-14-23-20(25)19(10-11-21-23)18-8-2-1-3-9-18/h1-3,8-11,17,24H,4-7,12-16H2/t17-/m0/s1. The van der Waals surface area contributed by atoms with E-state index in [1.54, 1.807) is 16.9 Å². The van der Waals surface area contributed by atoms with Crippen molar-refractivity contribution in [1.82, 2.24) is 14.7 Å². The smallest absolute Gasteiger partial charge is 0.274 e. The highest BCUT2D eigenvalue weighted by molar-refractivity contribution is 5.61. The van der Waals surface area contributed by atoms with Crippen molar-refractivity contribution in [3.05, 3.63) is 52.9 Å². The molecule has 0 unspecified atom stereocenters. The van der Waals surface area contributed by atoms with Crippen molar-refractivity contribution >= 4 is 0 Å². The molecule has 2 heterocycles. The van der Waals surface area contributed by atoms with Gasteiger partial charge in [0.05, 0.1) is 5.56 Å². The Morgan fingerprint density at radius 1 is 1.12 bits per heavy atom. The van der Waals surface area contributed by atoms with Gasteiger partial charge in [-0.05, 0) is 56.3 Å². The molecule has 1 N–H and O–H groups in total. The molecule has 0 radical (unpaired) electrons. The third-order valence-corrected chi connectivity index (χ3v) is 4.95. The number of aryl methyl sites for hydroxylation is 1. The summed E-state index contributed by atoms with van der Waals surface area (Å²) in [4.78, 5) is 15.0. The first kappa shape index (κ1) is 17.8. The second kappa shape index (κ2) is 8.92. The van der Waals surface area contributed by atoms with Crippen LogP contribution in [0.3, 0.4) is 0 Å². The molecule has 1 aromatic carbocycles. The molecule has 3 rings (SSSR count). The fourth-order valence-corrected chi connectivity index (χ4v) is 3.55. The van der Waals surface area contributed by atoms with Gasteiger partial charge in [-0.1, -0.05) is 30.3 Å². The number of benzene rings is 1. The molecular weight excluding hydrogens is 314 g/mol. The molecular formula is C20H27N3O2. The van der Waals surface area contributed by atoms with Crippen molar-refractivity contribution in [2.75, 3.05) is 26.2 Å². The van der Waals surface area contributed by atoms with E-state index in [-0.39, 0.29) is 5.56 Å². The van der Waals surface area contributed by atoms with Crippen LogP contribution in [0, 0.1) is 5.92 Å². The number of hydrogen-bond donors (Lipinski definition) is 1. The van der Waals surface area contributed by atoms with Crippen LogP contribution in [0.5, 0.6) is 0 Å². The zero-order chi connectivity index (χ0) is 17.5. The molecule has 5 heteroatoms. The lowest BCUT2D eigenvalue weighted by atomic mass is 9.99. The number of aliphatic hydroxyl groups excluding tert-OH is 1. The highest BCUT2D eigenvalue weighted by Gasteiger charge is 2.18. The predicted octanol–water partition coefficient (Wildman–Crippen LogP) is 2.39. The van der Waals surface area contributed by atoms with Crippen LogP contribution >= 0.6 is 0 Å². The predicted molar refractivity (Wildman–Crippen MR) is 99.4 cm³/mol. The van der Waals surface area contributed by atoms with Gasteiger partial charge < -0.3 is 10.0 Å². The van der Waals surface area contributed by atoms with E-state index < -0.39 is 0 Å². The number of rotatable bonds is 7. The van der Waals surface area contributed by atoms with E-state index in [2.05, 4.69) is 10.00 Å². The first-order valence-corrected chi connectivity index (χ1v) is 9.22. The van der Waals surface area contributed by atoms with Gasteiger partial charge in [0.1, 0.15) is 0 Å². The van der Waals surface area contributed by atoms with E-state index in [9.17, 15) is 9.90 Å². The molecule has 1 saturated heterocycles. The van der Waals surface area contributed by atoms with Crippen molar-refractivity contribution in [1.29, 1.82) is 0 Å². The molecule has 134 valence electrons. The summed E-state index contributed by atoms with van der Waals surface area (Å²) in [5.41, 5.74) is 1.62. The summed E-state index contributed by atoms with van der Waals surface area (Å²) in [5.74, 6) is 0.431. The fraction of sp³-hybridized carbons (Fsp3) is 0.500. The molecule has 0 bridgehead atoms. The molecule has 1 atom stereocenters.